The van der Waals surface area contributed by atoms with E-state index in [0.717, 1.165) is 16.0 Å². The second-order valence-electron chi connectivity index (χ2n) is 4.21. The van der Waals surface area contributed by atoms with Crippen molar-refractivity contribution in [3.8, 4) is 5.75 Å². The Morgan fingerprint density at radius 2 is 2.12 bits per heavy atom. The zero-order valence-corrected chi connectivity index (χ0v) is 9.80. The molecule has 3 nitrogen and oxygen atoms in total. The summed E-state index contributed by atoms with van der Waals surface area (Å²) >= 11 is 1.51. The Labute approximate surface area is 98.2 Å². The molecule has 1 aliphatic rings. The SMILES string of the molecule is Nc1nc2ccc(OC3CCCC3)cc2s1. The maximum absolute atomic E-state index is 5.93. The van der Waals surface area contributed by atoms with Gasteiger partial charge in [-0.25, -0.2) is 4.98 Å². The zero-order valence-electron chi connectivity index (χ0n) is 8.98. The summed E-state index contributed by atoms with van der Waals surface area (Å²) in [5.74, 6) is 0.947. The summed E-state index contributed by atoms with van der Waals surface area (Å²) in [6.45, 7) is 0. The van der Waals surface area contributed by atoms with E-state index in [1.165, 1.54) is 37.0 Å². The quantitative estimate of drug-likeness (QED) is 0.868. The van der Waals surface area contributed by atoms with Gasteiger partial charge in [-0.3, -0.25) is 0 Å². The van der Waals surface area contributed by atoms with Gasteiger partial charge < -0.3 is 10.5 Å². The predicted octanol–water partition coefficient (Wildman–Crippen LogP) is 3.20. The van der Waals surface area contributed by atoms with Crippen molar-refractivity contribution in [1.29, 1.82) is 0 Å². The largest absolute Gasteiger partial charge is 0.490 e. The molecular formula is C12H14N2OS. The minimum atomic E-state index is 0.405. The van der Waals surface area contributed by atoms with Gasteiger partial charge in [0.1, 0.15) is 5.75 Å². The molecule has 4 heteroatoms. The minimum Gasteiger partial charge on any atom is -0.490 e. The molecule has 2 N–H and O–H groups in total. The molecule has 84 valence electrons. The molecule has 0 saturated heterocycles. The molecule has 1 heterocycles. The molecule has 1 aromatic carbocycles. The Kier molecular flexibility index (Phi) is 2.44. The van der Waals surface area contributed by atoms with E-state index >= 15 is 0 Å². The third-order valence-electron chi connectivity index (χ3n) is 2.98. The minimum absolute atomic E-state index is 0.405. The molecule has 0 atom stereocenters. The zero-order chi connectivity index (χ0) is 11.0. The van der Waals surface area contributed by atoms with Crippen molar-refractivity contribution in [2.24, 2.45) is 0 Å². The number of nitrogens with zero attached hydrogens (tertiary/aromatic N) is 1. The molecule has 0 aliphatic heterocycles. The number of aromatic nitrogens is 1. The van der Waals surface area contributed by atoms with Crippen molar-refractivity contribution in [3.05, 3.63) is 18.2 Å². The van der Waals surface area contributed by atoms with Gasteiger partial charge in [0, 0.05) is 0 Å². The van der Waals surface area contributed by atoms with Crippen LogP contribution in [-0.4, -0.2) is 11.1 Å². The van der Waals surface area contributed by atoms with Crippen LogP contribution in [0.15, 0.2) is 18.2 Å². The van der Waals surface area contributed by atoms with E-state index in [9.17, 15) is 0 Å². The van der Waals surface area contributed by atoms with Crippen LogP contribution in [-0.2, 0) is 0 Å². The van der Waals surface area contributed by atoms with E-state index in [2.05, 4.69) is 4.98 Å². The second-order valence-corrected chi connectivity index (χ2v) is 5.27. The highest BCUT2D eigenvalue weighted by molar-refractivity contribution is 7.22. The highest BCUT2D eigenvalue weighted by Crippen LogP contribution is 2.30. The summed E-state index contributed by atoms with van der Waals surface area (Å²) in [7, 11) is 0. The maximum Gasteiger partial charge on any atom is 0.181 e. The lowest BCUT2D eigenvalue weighted by molar-refractivity contribution is 0.210. The molecule has 0 bridgehead atoms. The van der Waals surface area contributed by atoms with Gasteiger partial charge in [0.15, 0.2) is 5.13 Å². The van der Waals surface area contributed by atoms with Gasteiger partial charge in [-0.05, 0) is 43.9 Å². The average molecular weight is 234 g/mol. The van der Waals surface area contributed by atoms with Crippen LogP contribution in [0, 0.1) is 0 Å². The fraction of sp³-hybridized carbons (Fsp3) is 0.417. The molecule has 1 aliphatic carbocycles. The Balaban J connectivity index is 1.86. The van der Waals surface area contributed by atoms with E-state index in [1.807, 2.05) is 18.2 Å². The van der Waals surface area contributed by atoms with Gasteiger partial charge in [-0.15, -0.1) is 0 Å². The number of ether oxygens (including phenoxy) is 1. The monoisotopic (exact) mass is 234 g/mol. The first-order valence-electron chi connectivity index (χ1n) is 5.64. The Morgan fingerprint density at radius 3 is 2.94 bits per heavy atom. The summed E-state index contributed by atoms with van der Waals surface area (Å²) in [6.07, 6.45) is 5.36. The molecular weight excluding hydrogens is 220 g/mol. The van der Waals surface area contributed by atoms with Gasteiger partial charge in [0.25, 0.3) is 0 Å². The van der Waals surface area contributed by atoms with E-state index < -0.39 is 0 Å². The first-order chi connectivity index (χ1) is 7.81. The number of hydrogen-bond acceptors (Lipinski definition) is 4. The summed E-state index contributed by atoms with van der Waals surface area (Å²) in [6, 6.07) is 6.01. The molecule has 0 radical (unpaired) electrons. The smallest absolute Gasteiger partial charge is 0.181 e. The predicted molar refractivity (Wildman–Crippen MR) is 66.9 cm³/mol. The van der Waals surface area contributed by atoms with Gasteiger partial charge in [-0.1, -0.05) is 11.3 Å². The van der Waals surface area contributed by atoms with Crippen LogP contribution < -0.4 is 10.5 Å². The van der Waals surface area contributed by atoms with Crippen LogP contribution in [0.1, 0.15) is 25.7 Å². The van der Waals surface area contributed by atoms with Gasteiger partial charge in [0.05, 0.1) is 16.3 Å². The fourth-order valence-corrected chi connectivity index (χ4v) is 2.96. The van der Waals surface area contributed by atoms with Crippen LogP contribution in [0.25, 0.3) is 10.2 Å². The molecule has 1 saturated carbocycles. The third kappa shape index (κ3) is 1.85. The van der Waals surface area contributed by atoms with Gasteiger partial charge in [-0.2, -0.15) is 0 Å². The number of fused-ring (bicyclic) bond motifs is 1. The van der Waals surface area contributed by atoms with Crippen LogP contribution in [0.5, 0.6) is 5.75 Å². The van der Waals surface area contributed by atoms with Crippen LogP contribution in [0.4, 0.5) is 5.13 Å². The van der Waals surface area contributed by atoms with E-state index in [4.69, 9.17) is 10.5 Å². The summed E-state index contributed by atoms with van der Waals surface area (Å²) in [5, 5.41) is 0.619. The fourth-order valence-electron chi connectivity index (χ4n) is 2.19. The molecule has 0 spiro atoms. The van der Waals surface area contributed by atoms with Crippen molar-refractivity contribution in [1.82, 2.24) is 4.98 Å². The van der Waals surface area contributed by atoms with E-state index in [1.54, 1.807) is 0 Å². The van der Waals surface area contributed by atoms with Gasteiger partial charge in [0.2, 0.25) is 0 Å². The molecule has 2 aromatic rings. The first kappa shape index (κ1) is 9.90. The number of anilines is 1. The van der Waals surface area contributed by atoms with Crippen LogP contribution in [0.2, 0.25) is 0 Å². The van der Waals surface area contributed by atoms with Crippen molar-refractivity contribution in [3.63, 3.8) is 0 Å². The number of benzene rings is 1. The standard InChI is InChI=1S/C12H14N2OS/c13-12-14-10-6-5-9(7-11(10)16-12)15-8-3-1-2-4-8/h5-8H,1-4H2,(H2,13,14). The molecule has 0 amide bonds. The number of thiazole rings is 1. The maximum atomic E-state index is 5.93. The molecule has 0 unspecified atom stereocenters. The number of nitrogen functional groups attached to an aromatic ring is 1. The van der Waals surface area contributed by atoms with Crippen molar-refractivity contribution in [2.45, 2.75) is 31.8 Å². The number of nitrogens with two attached hydrogens (primary N) is 1. The number of rotatable bonds is 2. The lowest BCUT2D eigenvalue weighted by Crippen LogP contribution is -2.10. The highest BCUT2D eigenvalue weighted by Gasteiger charge is 2.16. The molecule has 3 rings (SSSR count). The van der Waals surface area contributed by atoms with Gasteiger partial charge >= 0.3 is 0 Å². The lowest BCUT2D eigenvalue weighted by Gasteiger charge is -2.12. The lowest BCUT2D eigenvalue weighted by atomic mass is 10.3. The first-order valence-corrected chi connectivity index (χ1v) is 6.45. The highest BCUT2D eigenvalue weighted by atomic mass is 32.1. The Morgan fingerprint density at radius 1 is 1.31 bits per heavy atom. The molecule has 1 aromatic heterocycles. The molecule has 1 fully saturated rings. The van der Waals surface area contributed by atoms with Crippen LogP contribution >= 0.6 is 11.3 Å². The average Bonchev–Trinajstić information content (AvgIpc) is 2.85. The summed E-state index contributed by atoms with van der Waals surface area (Å²) in [4.78, 5) is 4.23. The Bertz CT molecular complexity index is 503. The van der Waals surface area contributed by atoms with Crippen LogP contribution in [0.3, 0.4) is 0 Å². The van der Waals surface area contributed by atoms with Crippen molar-refractivity contribution >= 4 is 26.7 Å². The van der Waals surface area contributed by atoms with Crippen molar-refractivity contribution < 1.29 is 4.74 Å². The molecule has 16 heavy (non-hydrogen) atoms. The topological polar surface area (TPSA) is 48.1 Å². The third-order valence-corrected chi connectivity index (χ3v) is 3.83. The summed E-state index contributed by atoms with van der Waals surface area (Å²) in [5.41, 5.74) is 6.63. The van der Waals surface area contributed by atoms with E-state index in [0.29, 0.717) is 11.2 Å². The Hall–Kier alpha value is -1.29. The second kappa shape index (κ2) is 3.94. The number of hydrogen-bond donors (Lipinski definition) is 1. The van der Waals surface area contributed by atoms with E-state index in [-0.39, 0.29) is 0 Å². The summed E-state index contributed by atoms with van der Waals surface area (Å²) < 4.78 is 7.04. The van der Waals surface area contributed by atoms with Crippen molar-refractivity contribution in [2.75, 3.05) is 5.73 Å². The normalized spacial score (nSPS) is 17.0.